The van der Waals surface area contributed by atoms with Gasteiger partial charge in [0.25, 0.3) is 0 Å². The fourth-order valence-corrected chi connectivity index (χ4v) is 3.31. The summed E-state index contributed by atoms with van der Waals surface area (Å²) in [6.07, 6.45) is 0. The van der Waals surface area contributed by atoms with Gasteiger partial charge in [-0.2, -0.15) is 9.78 Å². The molecule has 0 atom stereocenters. The molecule has 0 amide bonds. The zero-order valence-corrected chi connectivity index (χ0v) is 14.2. The van der Waals surface area contributed by atoms with E-state index >= 15 is 0 Å². The number of thioether (sulfide) groups is 1. The molecule has 110 valence electrons. The van der Waals surface area contributed by atoms with Crippen LogP contribution in [0.4, 0.5) is 0 Å². The summed E-state index contributed by atoms with van der Waals surface area (Å²) in [5.41, 5.74) is 1.98. The Morgan fingerprint density at radius 3 is 2.57 bits per heavy atom. The lowest BCUT2D eigenvalue weighted by atomic mass is 9.91. The molecule has 1 aliphatic heterocycles. The van der Waals surface area contributed by atoms with Crippen molar-refractivity contribution >= 4 is 40.7 Å². The minimum atomic E-state index is 0.0177. The molecule has 1 aromatic carbocycles. The highest BCUT2D eigenvalue weighted by molar-refractivity contribution is 7.99. The standard InChI is InChI=1S/C14H14Cl2N4S/c1-14(2,3)11-7-21-13-18-17-12(20(13)19-11)8-4-5-9(15)10(16)6-8/h4-6H,7H2,1-3H3. The van der Waals surface area contributed by atoms with Crippen LogP contribution < -0.4 is 0 Å². The first kappa shape index (κ1) is 14.9. The highest BCUT2D eigenvalue weighted by Gasteiger charge is 2.26. The van der Waals surface area contributed by atoms with Crippen LogP contribution in [-0.4, -0.2) is 26.3 Å². The lowest BCUT2D eigenvalue weighted by Gasteiger charge is -2.24. The summed E-state index contributed by atoms with van der Waals surface area (Å²) in [6, 6.07) is 5.41. The van der Waals surface area contributed by atoms with Crippen molar-refractivity contribution in [2.45, 2.75) is 25.9 Å². The van der Waals surface area contributed by atoms with Gasteiger partial charge >= 0.3 is 0 Å². The lowest BCUT2D eigenvalue weighted by Crippen LogP contribution is -2.26. The average Bonchev–Trinajstić information content (AvgIpc) is 2.84. The average molecular weight is 341 g/mol. The van der Waals surface area contributed by atoms with Crippen LogP contribution in [0.25, 0.3) is 11.4 Å². The second kappa shape index (κ2) is 5.30. The van der Waals surface area contributed by atoms with E-state index in [0.717, 1.165) is 22.2 Å². The highest BCUT2D eigenvalue weighted by Crippen LogP contribution is 2.33. The Hall–Kier alpha value is -1.04. The van der Waals surface area contributed by atoms with E-state index in [9.17, 15) is 0 Å². The van der Waals surface area contributed by atoms with Gasteiger partial charge in [-0.25, -0.2) is 0 Å². The van der Waals surface area contributed by atoms with Crippen molar-refractivity contribution in [2.75, 3.05) is 5.75 Å². The van der Waals surface area contributed by atoms with Crippen molar-refractivity contribution < 1.29 is 0 Å². The van der Waals surface area contributed by atoms with E-state index in [2.05, 4.69) is 31.0 Å². The molecule has 0 saturated heterocycles. The van der Waals surface area contributed by atoms with Gasteiger partial charge in [0.2, 0.25) is 5.16 Å². The van der Waals surface area contributed by atoms with Crippen molar-refractivity contribution in [2.24, 2.45) is 10.5 Å². The second-order valence-corrected chi connectivity index (χ2v) is 7.59. The summed E-state index contributed by atoms with van der Waals surface area (Å²) >= 11 is 13.7. The van der Waals surface area contributed by atoms with E-state index in [1.807, 2.05) is 6.07 Å². The van der Waals surface area contributed by atoms with Gasteiger partial charge in [0, 0.05) is 16.7 Å². The summed E-state index contributed by atoms with van der Waals surface area (Å²) in [4.78, 5) is 0. The Balaban J connectivity index is 2.10. The van der Waals surface area contributed by atoms with Crippen LogP contribution in [0.2, 0.25) is 10.0 Å². The minimum Gasteiger partial charge on any atom is -0.187 e. The molecule has 2 heterocycles. The molecule has 7 heteroatoms. The summed E-state index contributed by atoms with van der Waals surface area (Å²) in [7, 11) is 0. The molecule has 4 nitrogen and oxygen atoms in total. The molecule has 1 aromatic heterocycles. The molecule has 0 radical (unpaired) electrons. The number of benzene rings is 1. The fourth-order valence-electron chi connectivity index (χ4n) is 1.91. The fraction of sp³-hybridized carbons (Fsp3) is 0.357. The molecule has 21 heavy (non-hydrogen) atoms. The molecule has 1 aliphatic rings. The van der Waals surface area contributed by atoms with E-state index < -0.39 is 0 Å². The summed E-state index contributed by atoms with van der Waals surface area (Å²) in [5.74, 6) is 1.51. The second-order valence-electron chi connectivity index (χ2n) is 5.83. The zero-order chi connectivity index (χ0) is 15.2. The highest BCUT2D eigenvalue weighted by atomic mass is 35.5. The van der Waals surface area contributed by atoms with Crippen LogP contribution in [0.1, 0.15) is 20.8 Å². The first-order chi connectivity index (χ1) is 9.86. The molecule has 0 unspecified atom stereocenters. The normalized spacial score (nSPS) is 14.8. The Bertz CT molecular complexity index is 731. The van der Waals surface area contributed by atoms with Crippen LogP contribution in [0.15, 0.2) is 28.5 Å². The molecular weight excluding hydrogens is 327 g/mol. The Morgan fingerprint density at radius 2 is 1.90 bits per heavy atom. The number of halogens is 2. The van der Waals surface area contributed by atoms with Crippen molar-refractivity contribution in [3.05, 3.63) is 28.2 Å². The maximum Gasteiger partial charge on any atom is 0.212 e. The Morgan fingerprint density at radius 1 is 1.14 bits per heavy atom. The molecule has 0 fully saturated rings. The smallest absolute Gasteiger partial charge is 0.187 e. The van der Waals surface area contributed by atoms with Gasteiger partial charge in [0.1, 0.15) is 0 Å². The van der Waals surface area contributed by atoms with E-state index in [0.29, 0.717) is 15.9 Å². The van der Waals surface area contributed by atoms with Gasteiger partial charge in [-0.05, 0) is 18.2 Å². The number of fused-ring (bicyclic) bond motifs is 1. The Kier molecular flexibility index (Phi) is 3.76. The number of nitrogens with zero attached hydrogens (tertiary/aromatic N) is 4. The van der Waals surface area contributed by atoms with Gasteiger partial charge in [-0.3, -0.25) is 0 Å². The topological polar surface area (TPSA) is 43.1 Å². The molecule has 0 N–H and O–H groups in total. The monoisotopic (exact) mass is 340 g/mol. The van der Waals surface area contributed by atoms with Gasteiger partial charge < -0.3 is 0 Å². The molecule has 0 spiro atoms. The molecule has 0 saturated carbocycles. The van der Waals surface area contributed by atoms with Crippen molar-refractivity contribution in [1.29, 1.82) is 0 Å². The maximum absolute atomic E-state index is 6.08. The largest absolute Gasteiger partial charge is 0.212 e. The lowest BCUT2D eigenvalue weighted by molar-refractivity contribution is 0.574. The third-order valence-corrected chi connectivity index (χ3v) is 4.88. The van der Waals surface area contributed by atoms with Crippen LogP contribution in [0, 0.1) is 5.41 Å². The van der Waals surface area contributed by atoms with Crippen molar-refractivity contribution in [3.8, 4) is 11.4 Å². The van der Waals surface area contributed by atoms with E-state index in [4.69, 9.17) is 28.3 Å². The predicted molar refractivity (Wildman–Crippen MR) is 88.5 cm³/mol. The summed E-state index contributed by atoms with van der Waals surface area (Å²) in [5, 5.41) is 15.0. The Labute approximate surface area is 137 Å². The quantitative estimate of drug-likeness (QED) is 0.761. The summed E-state index contributed by atoms with van der Waals surface area (Å²) in [6.45, 7) is 6.46. The van der Waals surface area contributed by atoms with Gasteiger partial charge in [0.05, 0.1) is 15.8 Å². The number of hydrogen-bond donors (Lipinski definition) is 0. The van der Waals surface area contributed by atoms with Crippen LogP contribution >= 0.6 is 35.0 Å². The first-order valence-corrected chi connectivity index (χ1v) is 8.22. The van der Waals surface area contributed by atoms with Crippen molar-refractivity contribution in [1.82, 2.24) is 14.9 Å². The molecule has 0 aliphatic carbocycles. The molecule has 0 bridgehead atoms. The predicted octanol–water partition coefficient (Wildman–Crippen LogP) is 4.61. The van der Waals surface area contributed by atoms with Gasteiger partial charge in [-0.15, -0.1) is 10.2 Å². The molecule has 2 aromatic rings. The number of rotatable bonds is 1. The summed E-state index contributed by atoms with van der Waals surface area (Å²) < 4.78 is 1.79. The van der Waals surface area contributed by atoms with Crippen molar-refractivity contribution in [3.63, 3.8) is 0 Å². The van der Waals surface area contributed by atoms with Gasteiger partial charge in [-0.1, -0.05) is 55.7 Å². The number of aromatic nitrogens is 3. The molecule has 3 rings (SSSR count). The first-order valence-electron chi connectivity index (χ1n) is 6.48. The third kappa shape index (κ3) is 2.82. The van der Waals surface area contributed by atoms with E-state index in [-0.39, 0.29) is 5.41 Å². The zero-order valence-electron chi connectivity index (χ0n) is 11.9. The van der Waals surface area contributed by atoms with E-state index in [1.54, 1.807) is 28.6 Å². The number of hydrogen-bond acceptors (Lipinski definition) is 4. The molecular formula is C14H14Cl2N4S. The van der Waals surface area contributed by atoms with Crippen LogP contribution in [0.3, 0.4) is 0 Å². The van der Waals surface area contributed by atoms with E-state index in [1.165, 1.54) is 0 Å². The third-order valence-electron chi connectivity index (χ3n) is 3.21. The minimum absolute atomic E-state index is 0.0177. The maximum atomic E-state index is 6.08. The van der Waals surface area contributed by atoms with Crippen LogP contribution in [-0.2, 0) is 0 Å². The van der Waals surface area contributed by atoms with Crippen LogP contribution in [0.5, 0.6) is 0 Å². The SMILES string of the molecule is CC(C)(C)C1=Nn2c(nnc2-c2ccc(Cl)c(Cl)c2)SC1. The van der Waals surface area contributed by atoms with Gasteiger partial charge in [0.15, 0.2) is 5.82 Å².